The third-order valence-electron chi connectivity index (χ3n) is 8.50. The van der Waals surface area contributed by atoms with E-state index in [1.807, 2.05) is 62.5 Å². The van der Waals surface area contributed by atoms with E-state index >= 15 is 0 Å². The summed E-state index contributed by atoms with van der Waals surface area (Å²) in [6, 6.07) is 44.7. The Morgan fingerprint density at radius 2 is 1.51 bits per heavy atom. The van der Waals surface area contributed by atoms with Crippen LogP contribution in [0.4, 0.5) is 0 Å². The van der Waals surface area contributed by atoms with E-state index < -0.39 is 19.2 Å². The van der Waals surface area contributed by atoms with Crippen molar-refractivity contribution in [2.75, 3.05) is 0 Å². The van der Waals surface area contributed by atoms with Gasteiger partial charge in [0.25, 0.3) is 0 Å². The average Bonchev–Trinajstić information content (AvgIpc) is 3.45. The molecule has 0 saturated carbocycles. The van der Waals surface area contributed by atoms with Gasteiger partial charge in [0.15, 0.2) is 0 Å². The maximum Gasteiger partial charge on any atom is 0 e. The van der Waals surface area contributed by atoms with Crippen molar-refractivity contribution < 1.29 is 21.5 Å². The van der Waals surface area contributed by atoms with E-state index in [1.165, 1.54) is 46.1 Å². The van der Waals surface area contributed by atoms with Crippen molar-refractivity contribution in [3.63, 3.8) is 0 Å². The Hall–Kier alpha value is -3.67. The molecule has 0 atom stereocenters. The monoisotopic (exact) mass is 868 g/mol. The maximum absolute atomic E-state index is 8.40. The first kappa shape index (κ1) is 31.9. The minimum atomic E-state index is -1.72. The zero-order chi connectivity index (χ0) is 32.8. The topological polar surface area (TPSA) is 25.8 Å². The van der Waals surface area contributed by atoms with Gasteiger partial charge in [0.2, 0.25) is 0 Å². The third kappa shape index (κ3) is 6.84. The van der Waals surface area contributed by atoms with E-state index in [0.29, 0.717) is 0 Å². The van der Waals surface area contributed by atoms with Gasteiger partial charge in [-0.05, 0) is 61.4 Å². The normalized spacial score (nSPS) is 12.1. The van der Waals surface area contributed by atoms with E-state index in [9.17, 15) is 0 Å². The zero-order valence-corrected chi connectivity index (χ0v) is 32.5. The third-order valence-corrected chi connectivity index (χ3v) is 13.9. The van der Waals surface area contributed by atoms with E-state index in [-0.39, 0.29) is 20.1 Å². The Bertz CT molecular complexity index is 2370. The van der Waals surface area contributed by atoms with Crippen molar-refractivity contribution in [2.45, 2.75) is 37.0 Å². The summed E-state index contributed by atoms with van der Waals surface area (Å²) in [6.45, 7) is 3.82. The predicted molar refractivity (Wildman–Crippen MR) is 202 cm³/mol. The van der Waals surface area contributed by atoms with Crippen molar-refractivity contribution in [3.8, 4) is 22.5 Å². The second-order valence-electron chi connectivity index (χ2n) is 12.9. The number of hydrogen-bond acceptors (Lipinski definition) is 3. The van der Waals surface area contributed by atoms with E-state index in [2.05, 4.69) is 106 Å². The molecule has 8 aromatic rings. The van der Waals surface area contributed by atoms with Crippen LogP contribution in [-0.2, 0) is 20.1 Å². The quantitative estimate of drug-likeness (QED) is 0.100. The van der Waals surface area contributed by atoms with Crippen LogP contribution in [0.2, 0.25) is 17.3 Å². The molecule has 47 heavy (non-hydrogen) atoms. The smallest absolute Gasteiger partial charge is 0 e. The summed E-state index contributed by atoms with van der Waals surface area (Å²) < 4.78 is 12.3. The number of hydrogen-bond donors (Lipinski definition) is 0. The predicted octanol–water partition coefficient (Wildman–Crippen LogP) is 11.4. The average molecular weight is 867 g/mol. The molecular weight excluding hydrogens is 829 g/mol. The Balaban J connectivity index is 0.000000201. The molecule has 0 amide bonds. The summed E-state index contributed by atoms with van der Waals surface area (Å²) in [7, 11) is 0. The molecule has 5 aromatic carbocycles. The van der Waals surface area contributed by atoms with Crippen LogP contribution in [0, 0.1) is 12.1 Å². The molecule has 1 radical (unpaired) electrons. The Morgan fingerprint density at radius 1 is 0.702 bits per heavy atom. The molecule has 5 heteroatoms. The number of nitrogens with zero attached hydrogens (tertiary/aromatic N) is 2. The number of pyridine rings is 2. The molecule has 0 aliphatic heterocycles. The van der Waals surface area contributed by atoms with Crippen LogP contribution in [-0.4, -0.2) is 23.2 Å². The van der Waals surface area contributed by atoms with E-state index in [0.717, 1.165) is 28.1 Å². The molecule has 235 valence electrons. The summed E-state index contributed by atoms with van der Waals surface area (Å²) in [5.74, 6) is 6.48. The van der Waals surface area contributed by atoms with Crippen molar-refractivity contribution in [1.29, 1.82) is 0 Å². The molecule has 0 spiro atoms. The molecule has 2 nitrogen and oxygen atoms in total. The molecule has 0 bridgehead atoms. The largest absolute Gasteiger partial charge is 0 e. The van der Waals surface area contributed by atoms with Gasteiger partial charge in [0.05, 0.1) is 0 Å². The maximum atomic E-state index is 8.40. The van der Waals surface area contributed by atoms with Gasteiger partial charge >= 0.3 is 99.8 Å². The fourth-order valence-corrected chi connectivity index (χ4v) is 9.26. The second kappa shape index (κ2) is 13.8. The second-order valence-corrected chi connectivity index (χ2v) is 24.6. The van der Waals surface area contributed by atoms with Gasteiger partial charge < -0.3 is 4.98 Å². The first-order chi connectivity index (χ1) is 22.6. The molecular formula is C42H36GeIrN2S-2. The van der Waals surface area contributed by atoms with Crippen molar-refractivity contribution >= 4 is 70.7 Å². The molecule has 0 unspecified atom stereocenters. The molecule has 0 saturated heterocycles. The molecule has 3 heterocycles. The number of rotatable bonds is 4. The van der Waals surface area contributed by atoms with Crippen LogP contribution in [0.5, 0.6) is 0 Å². The van der Waals surface area contributed by atoms with Crippen LogP contribution in [0.3, 0.4) is 0 Å². The van der Waals surface area contributed by atoms with Gasteiger partial charge in [0.1, 0.15) is 0 Å². The Labute approximate surface area is 299 Å². The minimum Gasteiger partial charge on any atom is 0 e. The van der Waals surface area contributed by atoms with Gasteiger partial charge in [-0.3, -0.25) is 0 Å². The van der Waals surface area contributed by atoms with Crippen molar-refractivity contribution in [2.24, 2.45) is 0 Å². The SMILES string of the molecule is [2H]C(C)(C)c1ccnc(-c2[c-]ccc3c2sc2cc4c(ccc5ccccc54)cc23)c1.[CH3][Ge]([CH3])([CH3])[c]1ccc(-c2[c-]cccc2)nc1.[Ir]. The van der Waals surface area contributed by atoms with Crippen LogP contribution in [0.15, 0.2) is 122 Å². The summed E-state index contributed by atoms with van der Waals surface area (Å²) in [5.41, 5.74) is 4.93. The number of aromatic nitrogens is 2. The molecule has 0 aliphatic rings. The van der Waals surface area contributed by atoms with Crippen LogP contribution in [0.25, 0.3) is 64.2 Å². The molecule has 0 aliphatic carbocycles. The van der Waals surface area contributed by atoms with E-state index in [4.69, 9.17) is 1.37 Å². The van der Waals surface area contributed by atoms with Crippen LogP contribution in [0.1, 0.15) is 26.7 Å². The fraction of sp³-hybridized carbons (Fsp3) is 0.143. The Morgan fingerprint density at radius 3 is 2.26 bits per heavy atom. The van der Waals surface area contributed by atoms with Crippen molar-refractivity contribution in [3.05, 3.63) is 139 Å². The molecule has 3 aromatic heterocycles. The number of benzene rings is 5. The minimum absolute atomic E-state index is 0. The van der Waals surface area contributed by atoms with Gasteiger partial charge in [-0.15, -0.1) is 23.8 Å². The zero-order valence-electron chi connectivity index (χ0n) is 28.2. The van der Waals surface area contributed by atoms with Crippen LogP contribution >= 0.6 is 11.3 Å². The molecule has 0 fully saturated rings. The number of fused-ring (bicyclic) bond motifs is 6. The van der Waals surface area contributed by atoms with Crippen molar-refractivity contribution in [1.82, 2.24) is 9.97 Å². The molecule has 8 rings (SSSR count). The van der Waals surface area contributed by atoms with Gasteiger partial charge in [-0.2, -0.15) is 11.3 Å². The first-order valence-electron chi connectivity index (χ1n) is 16.2. The standard InChI is InChI=1S/C28H20NS.C14H16GeN.Ir/c1-17(2)19-12-13-29-26(15-19)23-9-5-8-22-25-14-20-11-10-18-6-3-4-7-21(18)24(20)16-27(25)30-28(22)23;1-15(2,3)13-9-10-14(16-11-13)12-7-5-4-6-8-12;/h3-8,10-17H,1-2H3;4-7,9-11H,1-3H3;/q2*-1;/i17D;;. The Kier molecular flexibility index (Phi) is 9.38. The van der Waals surface area contributed by atoms with Crippen LogP contribution < -0.4 is 4.40 Å². The summed E-state index contributed by atoms with van der Waals surface area (Å²) >= 11 is 0.0859. The van der Waals surface area contributed by atoms with Gasteiger partial charge in [-0.25, -0.2) is 0 Å². The summed E-state index contributed by atoms with van der Waals surface area (Å²) in [6.07, 6.45) is 3.84. The van der Waals surface area contributed by atoms with Gasteiger partial charge in [-0.1, -0.05) is 67.3 Å². The van der Waals surface area contributed by atoms with E-state index in [1.54, 1.807) is 17.5 Å². The molecule has 0 N–H and O–H groups in total. The summed E-state index contributed by atoms with van der Waals surface area (Å²) in [5, 5.41) is 7.62. The fourth-order valence-electron chi connectivity index (χ4n) is 5.86. The first-order valence-corrected chi connectivity index (χ1v) is 23.8. The summed E-state index contributed by atoms with van der Waals surface area (Å²) in [4.78, 5) is 9.16. The number of thiophene rings is 1. The van der Waals surface area contributed by atoms with Gasteiger partial charge in [0, 0.05) is 32.4 Å².